The molecule has 2 N–H and O–H groups in total. The lowest BCUT2D eigenvalue weighted by atomic mass is 9.70. The van der Waals surface area contributed by atoms with Gasteiger partial charge in [0.15, 0.2) is 5.82 Å². The molecule has 1 fully saturated rings. The summed E-state index contributed by atoms with van der Waals surface area (Å²) < 4.78 is 60.1. The van der Waals surface area contributed by atoms with Crippen LogP contribution >= 0.6 is 0 Å². The number of hydrogen-bond donors (Lipinski definition) is 2. The van der Waals surface area contributed by atoms with E-state index in [4.69, 9.17) is 9.90 Å². The Labute approximate surface area is 162 Å². The van der Waals surface area contributed by atoms with E-state index in [0.717, 1.165) is 36.2 Å². The van der Waals surface area contributed by atoms with E-state index in [0.29, 0.717) is 0 Å². The number of benzene rings is 1. The number of fused-ring (bicyclic) bond motifs is 5. The molecule has 1 aromatic carbocycles. The van der Waals surface area contributed by atoms with E-state index in [1.807, 2.05) is 0 Å². The summed E-state index contributed by atoms with van der Waals surface area (Å²) in [6.07, 6.45) is -3.08. The topological polar surface area (TPSA) is 75.1 Å². The first kappa shape index (κ1) is 21.1. The lowest BCUT2D eigenvalue weighted by Crippen LogP contribution is -2.33. The van der Waals surface area contributed by atoms with Crippen LogP contribution in [0.3, 0.4) is 0 Å². The minimum atomic E-state index is -5.08. The fourth-order valence-electron chi connectivity index (χ4n) is 4.48. The average molecular weight is 418 g/mol. The predicted octanol–water partition coefficient (Wildman–Crippen LogP) is 4.25. The maximum Gasteiger partial charge on any atom is 0.490 e. The lowest BCUT2D eigenvalue weighted by Gasteiger charge is -2.34. The third-order valence-electron chi connectivity index (χ3n) is 6.45. The van der Waals surface area contributed by atoms with E-state index in [-0.39, 0.29) is 28.0 Å². The van der Waals surface area contributed by atoms with Crippen molar-refractivity contribution in [2.75, 3.05) is 0 Å². The Morgan fingerprint density at radius 2 is 1.83 bits per heavy atom. The summed E-state index contributed by atoms with van der Waals surface area (Å²) in [5.74, 6) is -3.95. The van der Waals surface area contributed by atoms with Gasteiger partial charge in [0.05, 0.1) is 0 Å². The van der Waals surface area contributed by atoms with Gasteiger partial charge in [-0.05, 0) is 36.3 Å². The van der Waals surface area contributed by atoms with Gasteiger partial charge in [0.1, 0.15) is 11.5 Å². The second kappa shape index (κ2) is 6.43. The molecule has 0 saturated heterocycles. The van der Waals surface area contributed by atoms with Crippen molar-refractivity contribution < 1.29 is 31.9 Å². The summed E-state index contributed by atoms with van der Waals surface area (Å²) in [5, 5.41) is 10.2. The van der Waals surface area contributed by atoms with Crippen molar-refractivity contribution in [2.24, 2.45) is 5.41 Å². The van der Waals surface area contributed by atoms with Crippen molar-refractivity contribution in [3.8, 4) is 5.69 Å². The lowest BCUT2D eigenvalue weighted by molar-refractivity contribution is -0.192. The first-order chi connectivity index (χ1) is 13.2. The summed E-state index contributed by atoms with van der Waals surface area (Å²) in [5.41, 5.74) is 1.48. The molecule has 0 aliphatic heterocycles. The number of halogens is 5. The van der Waals surface area contributed by atoms with E-state index < -0.39 is 23.8 Å². The molecule has 10 heteroatoms. The number of H-pyrrole nitrogens is 1. The summed E-state index contributed by atoms with van der Waals surface area (Å²) in [4.78, 5) is 21.7. The molecule has 29 heavy (non-hydrogen) atoms. The van der Waals surface area contributed by atoms with E-state index in [1.54, 1.807) is 0 Å². The van der Waals surface area contributed by atoms with Gasteiger partial charge >= 0.3 is 12.1 Å². The number of aliphatic carboxylic acids is 1. The molecule has 2 aromatic rings. The molecule has 2 atom stereocenters. The molecule has 1 saturated carbocycles. The number of carboxylic acids is 1. The highest BCUT2D eigenvalue weighted by molar-refractivity contribution is 5.73. The van der Waals surface area contributed by atoms with Crippen molar-refractivity contribution in [3.63, 3.8) is 0 Å². The van der Waals surface area contributed by atoms with Crippen LogP contribution in [0.25, 0.3) is 5.69 Å². The van der Waals surface area contributed by atoms with Crippen LogP contribution in [0.4, 0.5) is 22.0 Å². The molecule has 2 bridgehead atoms. The fraction of sp³-hybridized carbons (Fsp3) is 0.474. The molecule has 5 nitrogen and oxygen atoms in total. The zero-order chi connectivity index (χ0) is 21.9. The van der Waals surface area contributed by atoms with E-state index in [9.17, 15) is 26.7 Å². The van der Waals surface area contributed by atoms with Gasteiger partial charge in [-0.25, -0.2) is 18.3 Å². The van der Waals surface area contributed by atoms with Gasteiger partial charge in [-0.2, -0.15) is 13.2 Å². The van der Waals surface area contributed by atoms with Crippen LogP contribution in [0.15, 0.2) is 23.0 Å². The van der Waals surface area contributed by atoms with Gasteiger partial charge in [-0.3, -0.25) is 9.89 Å². The van der Waals surface area contributed by atoms with Gasteiger partial charge in [0, 0.05) is 22.7 Å². The molecular formula is C19H19F5N2O3. The van der Waals surface area contributed by atoms with Crippen LogP contribution in [-0.2, 0) is 10.2 Å². The smallest absolute Gasteiger partial charge is 0.475 e. The highest BCUT2D eigenvalue weighted by Crippen LogP contribution is 2.66. The Morgan fingerprint density at radius 1 is 1.24 bits per heavy atom. The van der Waals surface area contributed by atoms with Crippen LogP contribution in [0.5, 0.6) is 0 Å². The molecule has 0 unspecified atom stereocenters. The van der Waals surface area contributed by atoms with E-state index in [2.05, 4.69) is 25.9 Å². The SMILES string of the molecule is CC1(C)[C@H]2CC[C@]1(C)c1[nH]n(-c3ccc(F)cc3F)c(=O)c12.O=C(O)C(F)(F)F. The van der Waals surface area contributed by atoms with Gasteiger partial charge in [-0.1, -0.05) is 20.8 Å². The number of aromatic amines is 1. The zero-order valence-electron chi connectivity index (χ0n) is 15.8. The molecule has 0 spiro atoms. The van der Waals surface area contributed by atoms with Gasteiger partial charge in [-0.15, -0.1) is 0 Å². The summed E-state index contributed by atoms with van der Waals surface area (Å²) in [6.45, 7) is 6.56. The summed E-state index contributed by atoms with van der Waals surface area (Å²) in [6, 6.07) is 3.26. The molecule has 158 valence electrons. The molecule has 1 heterocycles. The minimum Gasteiger partial charge on any atom is -0.475 e. The van der Waals surface area contributed by atoms with Crippen molar-refractivity contribution >= 4 is 5.97 Å². The molecule has 0 amide bonds. The van der Waals surface area contributed by atoms with Crippen LogP contribution in [0.1, 0.15) is 50.8 Å². The standard InChI is InChI=1S/C17H18F2N2O.C2HF3O2/c1-16(2)10-6-7-17(16,3)14-13(10)15(22)21(20-14)12-5-4-9(18)8-11(12)19;3-2(4,5)1(6)7/h4-5,8,10,20H,6-7H2,1-3H3;(H,6,7)/t10-,17+;/m0./s1. The first-order valence-corrected chi connectivity index (χ1v) is 8.82. The van der Waals surface area contributed by atoms with E-state index >= 15 is 0 Å². The number of carboxylic acid groups (broad SMARTS) is 1. The van der Waals surface area contributed by atoms with Crippen LogP contribution in [0.2, 0.25) is 0 Å². The second-order valence-electron chi connectivity index (χ2n) is 8.08. The number of rotatable bonds is 1. The number of aromatic nitrogens is 2. The summed E-state index contributed by atoms with van der Waals surface area (Å²) >= 11 is 0. The Kier molecular flexibility index (Phi) is 4.67. The Bertz CT molecular complexity index is 1040. The third kappa shape index (κ3) is 3.05. The molecule has 0 radical (unpaired) electrons. The van der Waals surface area contributed by atoms with Crippen LogP contribution in [0, 0.1) is 17.0 Å². The Balaban J connectivity index is 0.000000298. The normalized spacial score (nSPS) is 24.1. The molecule has 1 aromatic heterocycles. The maximum atomic E-state index is 14.0. The highest BCUT2D eigenvalue weighted by Gasteiger charge is 2.61. The molecular weight excluding hydrogens is 399 g/mol. The monoisotopic (exact) mass is 418 g/mol. The average Bonchev–Trinajstić information content (AvgIpc) is 3.09. The number of nitrogens with one attached hydrogen (secondary N) is 1. The Morgan fingerprint density at radius 3 is 2.31 bits per heavy atom. The molecule has 2 aliphatic rings. The Hall–Kier alpha value is -2.65. The number of hydrogen-bond acceptors (Lipinski definition) is 2. The van der Waals surface area contributed by atoms with Crippen LogP contribution in [-0.4, -0.2) is 27.0 Å². The van der Waals surface area contributed by atoms with Crippen molar-refractivity contribution in [1.29, 1.82) is 0 Å². The minimum absolute atomic E-state index is 0.0216. The zero-order valence-corrected chi connectivity index (χ0v) is 15.8. The summed E-state index contributed by atoms with van der Waals surface area (Å²) in [7, 11) is 0. The first-order valence-electron chi connectivity index (χ1n) is 8.82. The van der Waals surface area contributed by atoms with Crippen LogP contribution < -0.4 is 5.56 Å². The van der Waals surface area contributed by atoms with Crippen molar-refractivity contribution in [2.45, 2.75) is 51.1 Å². The van der Waals surface area contributed by atoms with Crippen molar-refractivity contribution in [1.82, 2.24) is 9.78 Å². The molecule has 2 aliphatic carbocycles. The van der Waals surface area contributed by atoms with E-state index in [1.165, 1.54) is 10.7 Å². The number of alkyl halides is 3. The predicted molar refractivity (Wildman–Crippen MR) is 93.1 cm³/mol. The maximum absolute atomic E-state index is 14.0. The number of nitrogens with zero attached hydrogens (tertiary/aromatic N) is 1. The van der Waals surface area contributed by atoms with Gasteiger partial charge in [0.25, 0.3) is 5.56 Å². The van der Waals surface area contributed by atoms with Gasteiger partial charge < -0.3 is 5.11 Å². The van der Waals surface area contributed by atoms with Gasteiger partial charge in [0.2, 0.25) is 0 Å². The highest BCUT2D eigenvalue weighted by atomic mass is 19.4. The largest absolute Gasteiger partial charge is 0.490 e. The van der Waals surface area contributed by atoms with Crippen molar-refractivity contribution in [3.05, 3.63) is 51.4 Å². The molecule has 4 rings (SSSR count). The fourth-order valence-corrected chi connectivity index (χ4v) is 4.48. The third-order valence-corrected chi connectivity index (χ3v) is 6.45. The number of carbonyl (C=O) groups is 1. The second-order valence-corrected chi connectivity index (χ2v) is 8.08. The quantitative estimate of drug-likeness (QED) is 0.680.